The molecule has 1 rings (SSSR count). The van der Waals surface area contributed by atoms with Crippen LogP contribution in [-0.2, 0) is 14.3 Å². The first-order valence-electron chi connectivity index (χ1n) is 5.85. The summed E-state index contributed by atoms with van der Waals surface area (Å²) in [6.45, 7) is 7.85. The summed E-state index contributed by atoms with van der Waals surface area (Å²) in [5.41, 5.74) is 0. The molecule has 0 aromatic heterocycles. The maximum atomic E-state index is 11.4. The van der Waals surface area contributed by atoms with E-state index in [-0.39, 0.29) is 18.6 Å². The molecule has 1 amide bonds. The number of hydrogen-bond donors (Lipinski definition) is 2. The number of rotatable bonds is 5. The highest BCUT2D eigenvalue weighted by molar-refractivity contribution is 5.77. The van der Waals surface area contributed by atoms with Crippen LogP contribution in [0.15, 0.2) is 0 Å². The molecule has 0 aromatic rings. The summed E-state index contributed by atoms with van der Waals surface area (Å²) < 4.78 is 10.6. The van der Waals surface area contributed by atoms with Gasteiger partial charge in [-0.1, -0.05) is 0 Å². The van der Waals surface area contributed by atoms with Crippen molar-refractivity contribution in [2.45, 2.75) is 20.0 Å². The third-order valence-electron chi connectivity index (χ3n) is 2.35. The second-order valence-corrected chi connectivity index (χ2v) is 4.31. The SMILES string of the molecule is CC(C)OCC(=O)NCC1CNCCOC1. The molecule has 0 radical (unpaired) electrons. The van der Waals surface area contributed by atoms with Crippen molar-refractivity contribution < 1.29 is 14.3 Å². The lowest BCUT2D eigenvalue weighted by Crippen LogP contribution is -2.37. The summed E-state index contributed by atoms with van der Waals surface area (Å²) >= 11 is 0. The van der Waals surface area contributed by atoms with Gasteiger partial charge in [-0.25, -0.2) is 0 Å². The highest BCUT2D eigenvalue weighted by atomic mass is 16.5. The summed E-state index contributed by atoms with van der Waals surface area (Å²) in [6.07, 6.45) is 0.0913. The highest BCUT2D eigenvalue weighted by Gasteiger charge is 2.13. The molecule has 0 aliphatic carbocycles. The predicted octanol–water partition coefficient (Wildman–Crippen LogP) is -0.236. The molecule has 0 aromatic carbocycles. The van der Waals surface area contributed by atoms with Gasteiger partial charge in [0.15, 0.2) is 0 Å². The van der Waals surface area contributed by atoms with Crippen LogP contribution >= 0.6 is 0 Å². The Bertz CT molecular complexity index is 201. The minimum atomic E-state index is -0.0575. The number of nitrogens with one attached hydrogen (secondary N) is 2. The Morgan fingerprint density at radius 2 is 2.44 bits per heavy atom. The van der Waals surface area contributed by atoms with Crippen LogP contribution in [0.3, 0.4) is 0 Å². The maximum Gasteiger partial charge on any atom is 0.246 e. The van der Waals surface area contributed by atoms with Crippen molar-refractivity contribution in [3.8, 4) is 0 Å². The van der Waals surface area contributed by atoms with E-state index in [9.17, 15) is 4.79 Å². The zero-order chi connectivity index (χ0) is 11.8. The van der Waals surface area contributed by atoms with E-state index >= 15 is 0 Å². The lowest BCUT2D eigenvalue weighted by molar-refractivity contribution is -0.127. The van der Waals surface area contributed by atoms with Gasteiger partial charge >= 0.3 is 0 Å². The summed E-state index contributed by atoms with van der Waals surface area (Å²) in [5.74, 6) is 0.295. The molecule has 16 heavy (non-hydrogen) atoms. The van der Waals surface area contributed by atoms with Crippen molar-refractivity contribution in [1.82, 2.24) is 10.6 Å². The van der Waals surface area contributed by atoms with Gasteiger partial charge in [0, 0.05) is 25.6 Å². The zero-order valence-corrected chi connectivity index (χ0v) is 10.1. The maximum absolute atomic E-state index is 11.4. The van der Waals surface area contributed by atoms with E-state index in [0.29, 0.717) is 19.1 Å². The normalized spacial score (nSPS) is 21.8. The van der Waals surface area contributed by atoms with Gasteiger partial charge in [0.1, 0.15) is 6.61 Å². The Kier molecular flexibility index (Phi) is 6.37. The number of amides is 1. The van der Waals surface area contributed by atoms with Crippen LogP contribution in [0.2, 0.25) is 0 Å². The summed E-state index contributed by atoms with van der Waals surface area (Å²) in [6, 6.07) is 0. The third-order valence-corrected chi connectivity index (χ3v) is 2.35. The molecular formula is C11H22N2O3. The third kappa shape index (κ3) is 6.05. The van der Waals surface area contributed by atoms with Crippen molar-refractivity contribution in [3.63, 3.8) is 0 Å². The Labute approximate surface area is 96.9 Å². The van der Waals surface area contributed by atoms with Crippen LogP contribution in [0.25, 0.3) is 0 Å². The molecular weight excluding hydrogens is 208 g/mol. The lowest BCUT2D eigenvalue weighted by Gasteiger charge is -2.15. The molecule has 1 aliphatic heterocycles. The van der Waals surface area contributed by atoms with Gasteiger partial charge in [0.05, 0.1) is 19.3 Å². The topological polar surface area (TPSA) is 59.6 Å². The quantitative estimate of drug-likeness (QED) is 0.684. The Morgan fingerprint density at radius 1 is 1.62 bits per heavy atom. The second kappa shape index (κ2) is 7.60. The Balaban J connectivity index is 2.10. The zero-order valence-electron chi connectivity index (χ0n) is 10.1. The Hall–Kier alpha value is -0.650. The van der Waals surface area contributed by atoms with E-state index in [1.165, 1.54) is 0 Å². The van der Waals surface area contributed by atoms with Crippen LogP contribution in [0, 0.1) is 5.92 Å². The number of ether oxygens (including phenoxy) is 2. The van der Waals surface area contributed by atoms with Gasteiger partial charge in [-0.05, 0) is 13.8 Å². The lowest BCUT2D eigenvalue weighted by atomic mass is 10.1. The molecule has 0 saturated carbocycles. The van der Waals surface area contributed by atoms with E-state index in [4.69, 9.17) is 9.47 Å². The fraction of sp³-hybridized carbons (Fsp3) is 0.909. The molecule has 1 unspecified atom stereocenters. The van der Waals surface area contributed by atoms with Crippen molar-refractivity contribution in [1.29, 1.82) is 0 Å². The number of carbonyl (C=O) groups excluding carboxylic acids is 1. The van der Waals surface area contributed by atoms with Gasteiger partial charge in [-0.3, -0.25) is 4.79 Å². The molecule has 1 aliphatic rings. The van der Waals surface area contributed by atoms with Gasteiger partial charge in [-0.15, -0.1) is 0 Å². The molecule has 5 nitrogen and oxygen atoms in total. The molecule has 5 heteroatoms. The van der Waals surface area contributed by atoms with Crippen LogP contribution in [0.5, 0.6) is 0 Å². The first kappa shape index (κ1) is 13.4. The van der Waals surface area contributed by atoms with E-state index in [2.05, 4.69) is 10.6 Å². The van der Waals surface area contributed by atoms with Crippen molar-refractivity contribution in [2.75, 3.05) is 39.5 Å². The van der Waals surface area contributed by atoms with Crippen molar-refractivity contribution in [3.05, 3.63) is 0 Å². The first-order valence-corrected chi connectivity index (χ1v) is 5.85. The standard InChI is InChI=1S/C11H22N2O3/c1-9(2)16-8-11(14)13-6-10-5-12-3-4-15-7-10/h9-10,12H,3-8H2,1-2H3,(H,13,14). The van der Waals surface area contributed by atoms with Gasteiger partial charge in [0.25, 0.3) is 0 Å². The molecule has 1 fully saturated rings. The van der Waals surface area contributed by atoms with Crippen LogP contribution in [-0.4, -0.2) is 51.5 Å². The average Bonchev–Trinajstić information content (AvgIpc) is 2.51. The fourth-order valence-electron chi connectivity index (χ4n) is 1.44. The van der Waals surface area contributed by atoms with E-state index in [0.717, 1.165) is 19.7 Å². The van der Waals surface area contributed by atoms with E-state index in [1.807, 2.05) is 13.8 Å². The summed E-state index contributed by atoms with van der Waals surface area (Å²) in [7, 11) is 0. The largest absolute Gasteiger partial charge is 0.380 e. The molecule has 0 bridgehead atoms. The van der Waals surface area contributed by atoms with Crippen LogP contribution in [0.4, 0.5) is 0 Å². The highest BCUT2D eigenvalue weighted by Crippen LogP contribution is 1.98. The van der Waals surface area contributed by atoms with Gasteiger partial charge in [0.2, 0.25) is 5.91 Å². The van der Waals surface area contributed by atoms with E-state index in [1.54, 1.807) is 0 Å². The summed E-state index contributed by atoms with van der Waals surface area (Å²) in [5, 5.41) is 6.12. The van der Waals surface area contributed by atoms with Gasteiger partial charge < -0.3 is 20.1 Å². The van der Waals surface area contributed by atoms with Crippen molar-refractivity contribution >= 4 is 5.91 Å². The van der Waals surface area contributed by atoms with Gasteiger partial charge in [-0.2, -0.15) is 0 Å². The minimum absolute atomic E-state index is 0.0575. The van der Waals surface area contributed by atoms with Crippen molar-refractivity contribution in [2.24, 2.45) is 5.92 Å². The Morgan fingerprint density at radius 3 is 3.19 bits per heavy atom. The molecule has 1 atom stereocenters. The predicted molar refractivity (Wildman–Crippen MR) is 61.3 cm³/mol. The fourth-order valence-corrected chi connectivity index (χ4v) is 1.44. The molecule has 1 saturated heterocycles. The molecule has 1 heterocycles. The number of carbonyl (C=O) groups is 1. The molecule has 0 spiro atoms. The number of hydrogen-bond acceptors (Lipinski definition) is 4. The van der Waals surface area contributed by atoms with Crippen LogP contribution in [0.1, 0.15) is 13.8 Å². The smallest absolute Gasteiger partial charge is 0.246 e. The minimum Gasteiger partial charge on any atom is -0.380 e. The average molecular weight is 230 g/mol. The van der Waals surface area contributed by atoms with Crippen LogP contribution < -0.4 is 10.6 Å². The monoisotopic (exact) mass is 230 g/mol. The first-order chi connectivity index (χ1) is 7.68. The second-order valence-electron chi connectivity index (χ2n) is 4.31. The molecule has 2 N–H and O–H groups in total. The van der Waals surface area contributed by atoms with E-state index < -0.39 is 0 Å². The summed E-state index contributed by atoms with van der Waals surface area (Å²) in [4.78, 5) is 11.4. The molecule has 94 valence electrons.